The number of fused-ring (bicyclic) bond motifs is 1. The Morgan fingerprint density at radius 3 is 2.52 bits per heavy atom. The van der Waals surface area contributed by atoms with Crippen LogP contribution in [-0.2, 0) is 4.79 Å². The number of H-pyrrole nitrogens is 1. The number of nitrogens with one attached hydrogen (secondary N) is 1. The molecule has 23 heavy (non-hydrogen) atoms. The normalized spacial score (nSPS) is 12.3. The zero-order valence-electron chi connectivity index (χ0n) is 12.8. The third kappa shape index (κ3) is 2.65. The lowest BCUT2D eigenvalue weighted by Gasteiger charge is -2.10. The molecule has 118 valence electrons. The average molecular weight is 313 g/mol. The van der Waals surface area contributed by atoms with Crippen molar-refractivity contribution in [3.05, 3.63) is 53.8 Å². The molecule has 1 atom stereocenters. The van der Waals surface area contributed by atoms with Gasteiger partial charge in [0.05, 0.1) is 18.7 Å². The summed E-state index contributed by atoms with van der Waals surface area (Å²) in [7, 11) is 1.56. The Hall–Kier alpha value is -2.82. The van der Waals surface area contributed by atoms with Crippen molar-refractivity contribution in [1.82, 2.24) is 4.98 Å². The van der Waals surface area contributed by atoms with Gasteiger partial charge in [-0.05, 0) is 60.5 Å². The van der Waals surface area contributed by atoms with Gasteiger partial charge in [0.15, 0.2) is 0 Å². The van der Waals surface area contributed by atoms with Crippen molar-refractivity contribution in [2.24, 2.45) is 0 Å². The first-order valence-electron chi connectivity index (χ1n) is 7.19. The molecule has 0 aliphatic rings. The Labute approximate surface area is 132 Å². The highest BCUT2D eigenvalue weighted by molar-refractivity contribution is 5.96. The number of carboxylic acid groups (broad SMARTS) is 1. The second kappa shape index (κ2) is 5.76. The van der Waals surface area contributed by atoms with E-state index in [2.05, 4.69) is 4.98 Å². The number of carbonyl (C=O) groups is 1. The maximum Gasteiger partial charge on any atom is 0.310 e. The van der Waals surface area contributed by atoms with E-state index in [1.54, 1.807) is 26.2 Å². The summed E-state index contributed by atoms with van der Waals surface area (Å²) in [6.45, 7) is 1.64. The highest BCUT2D eigenvalue weighted by Gasteiger charge is 2.23. The Morgan fingerprint density at radius 1 is 1.22 bits per heavy atom. The van der Waals surface area contributed by atoms with Crippen molar-refractivity contribution in [3.8, 4) is 17.0 Å². The molecule has 3 rings (SSSR count). The first-order valence-corrected chi connectivity index (χ1v) is 7.19. The number of rotatable bonds is 4. The fourth-order valence-corrected chi connectivity index (χ4v) is 2.74. The largest absolute Gasteiger partial charge is 0.497 e. The predicted molar refractivity (Wildman–Crippen MR) is 86.3 cm³/mol. The van der Waals surface area contributed by atoms with Crippen LogP contribution in [0.5, 0.6) is 5.75 Å². The maximum absolute atomic E-state index is 13.2. The van der Waals surface area contributed by atoms with E-state index in [1.807, 2.05) is 18.2 Å². The molecule has 3 aromatic rings. The van der Waals surface area contributed by atoms with E-state index < -0.39 is 11.9 Å². The van der Waals surface area contributed by atoms with Crippen LogP contribution in [-0.4, -0.2) is 23.2 Å². The summed E-state index contributed by atoms with van der Waals surface area (Å²) < 4.78 is 18.4. The van der Waals surface area contributed by atoms with Gasteiger partial charge in [0.1, 0.15) is 11.6 Å². The Kier molecular flexibility index (Phi) is 3.78. The fraction of sp³-hybridized carbons (Fsp3) is 0.167. The lowest BCUT2D eigenvalue weighted by Crippen LogP contribution is -2.08. The van der Waals surface area contributed by atoms with Crippen LogP contribution < -0.4 is 4.74 Å². The van der Waals surface area contributed by atoms with Crippen LogP contribution in [0.3, 0.4) is 0 Å². The van der Waals surface area contributed by atoms with Crippen molar-refractivity contribution >= 4 is 16.9 Å². The SMILES string of the molecule is COc1ccc2[nH]c(-c3ccc(F)cc3)c(C(C)C(=O)O)c2c1. The molecule has 0 aliphatic carbocycles. The molecule has 2 N–H and O–H groups in total. The second-order valence-corrected chi connectivity index (χ2v) is 5.39. The Bertz CT molecular complexity index is 868. The Balaban J connectivity index is 2.29. The number of aromatic amines is 1. The quantitative estimate of drug-likeness (QED) is 0.760. The molecule has 1 heterocycles. The first kappa shape index (κ1) is 15.1. The van der Waals surface area contributed by atoms with Gasteiger partial charge in [-0.3, -0.25) is 4.79 Å². The molecule has 0 bridgehead atoms. The number of aromatic nitrogens is 1. The molecule has 4 nitrogen and oxygen atoms in total. The molecular formula is C18H16FNO3. The third-order valence-corrected chi connectivity index (χ3v) is 3.98. The molecule has 0 saturated carbocycles. The number of hydrogen-bond donors (Lipinski definition) is 2. The van der Waals surface area contributed by atoms with Gasteiger partial charge in [-0.2, -0.15) is 0 Å². The standard InChI is InChI=1S/C18H16FNO3/c1-10(18(21)22)16-14-9-13(23-2)7-8-15(14)20-17(16)11-3-5-12(19)6-4-11/h3-10,20H,1-2H3,(H,21,22). The van der Waals surface area contributed by atoms with Gasteiger partial charge in [-0.15, -0.1) is 0 Å². The van der Waals surface area contributed by atoms with Gasteiger partial charge in [-0.1, -0.05) is 0 Å². The topological polar surface area (TPSA) is 62.3 Å². The van der Waals surface area contributed by atoms with Crippen molar-refractivity contribution in [3.63, 3.8) is 0 Å². The smallest absolute Gasteiger partial charge is 0.310 e. The van der Waals surface area contributed by atoms with Crippen LogP contribution in [0, 0.1) is 5.82 Å². The summed E-state index contributed by atoms with van der Waals surface area (Å²) in [6.07, 6.45) is 0. The first-order chi connectivity index (χ1) is 11.0. The molecule has 5 heteroatoms. The lowest BCUT2D eigenvalue weighted by molar-refractivity contribution is -0.138. The van der Waals surface area contributed by atoms with Crippen LogP contribution in [0.4, 0.5) is 4.39 Å². The zero-order chi connectivity index (χ0) is 16.6. The lowest BCUT2D eigenvalue weighted by atomic mass is 9.94. The van der Waals surface area contributed by atoms with Gasteiger partial charge >= 0.3 is 5.97 Å². The molecule has 0 fully saturated rings. The summed E-state index contributed by atoms with van der Waals surface area (Å²) >= 11 is 0. The number of carboxylic acids is 1. The van der Waals surface area contributed by atoms with E-state index in [9.17, 15) is 14.3 Å². The van der Waals surface area contributed by atoms with Gasteiger partial charge in [0, 0.05) is 10.9 Å². The van der Waals surface area contributed by atoms with Crippen LogP contribution in [0.2, 0.25) is 0 Å². The summed E-state index contributed by atoms with van der Waals surface area (Å²) in [5.74, 6) is -1.31. The van der Waals surface area contributed by atoms with Crippen LogP contribution >= 0.6 is 0 Å². The van der Waals surface area contributed by atoms with Crippen LogP contribution in [0.1, 0.15) is 18.4 Å². The fourth-order valence-electron chi connectivity index (χ4n) is 2.74. The number of ether oxygens (including phenoxy) is 1. The van der Waals surface area contributed by atoms with Gasteiger partial charge in [-0.25, -0.2) is 4.39 Å². The number of halogens is 1. The van der Waals surface area contributed by atoms with Gasteiger partial charge in [0.25, 0.3) is 0 Å². The molecule has 2 aromatic carbocycles. The number of aliphatic carboxylic acids is 1. The molecule has 0 aliphatic heterocycles. The minimum absolute atomic E-state index is 0.334. The van der Waals surface area contributed by atoms with Crippen LogP contribution in [0.15, 0.2) is 42.5 Å². The van der Waals surface area contributed by atoms with Crippen molar-refractivity contribution < 1.29 is 19.0 Å². The highest BCUT2D eigenvalue weighted by Crippen LogP contribution is 2.37. The molecule has 1 aromatic heterocycles. The second-order valence-electron chi connectivity index (χ2n) is 5.39. The molecular weight excluding hydrogens is 297 g/mol. The molecule has 0 amide bonds. The maximum atomic E-state index is 13.2. The van der Waals surface area contributed by atoms with E-state index in [0.717, 1.165) is 16.5 Å². The van der Waals surface area contributed by atoms with E-state index in [-0.39, 0.29) is 5.82 Å². The summed E-state index contributed by atoms with van der Waals surface area (Å²) in [5.41, 5.74) is 2.90. The third-order valence-electron chi connectivity index (χ3n) is 3.98. The van der Waals surface area contributed by atoms with Crippen molar-refractivity contribution in [1.29, 1.82) is 0 Å². The van der Waals surface area contributed by atoms with Gasteiger partial charge < -0.3 is 14.8 Å². The van der Waals surface area contributed by atoms with E-state index in [1.165, 1.54) is 12.1 Å². The molecule has 0 spiro atoms. The van der Waals surface area contributed by atoms with Crippen molar-refractivity contribution in [2.45, 2.75) is 12.8 Å². The monoisotopic (exact) mass is 313 g/mol. The molecule has 0 saturated heterocycles. The molecule has 1 unspecified atom stereocenters. The highest BCUT2D eigenvalue weighted by atomic mass is 19.1. The minimum atomic E-state index is -0.919. The van der Waals surface area contributed by atoms with E-state index in [0.29, 0.717) is 17.0 Å². The molecule has 0 radical (unpaired) electrons. The zero-order valence-corrected chi connectivity index (χ0v) is 12.8. The van der Waals surface area contributed by atoms with Crippen LogP contribution in [0.25, 0.3) is 22.2 Å². The summed E-state index contributed by atoms with van der Waals surface area (Å²) in [6, 6.07) is 11.5. The Morgan fingerprint density at radius 2 is 1.91 bits per heavy atom. The predicted octanol–water partition coefficient (Wildman–Crippen LogP) is 4.17. The van der Waals surface area contributed by atoms with Crippen molar-refractivity contribution in [2.75, 3.05) is 7.11 Å². The number of benzene rings is 2. The van der Waals surface area contributed by atoms with E-state index >= 15 is 0 Å². The number of hydrogen-bond acceptors (Lipinski definition) is 2. The minimum Gasteiger partial charge on any atom is -0.497 e. The number of methoxy groups -OCH3 is 1. The van der Waals surface area contributed by atoms with Gasteiger partial charge in [0.2, 0.25) is 0 Å². The van der Waals surface area contributed by atoms with E-state index in [4.69, 9.17) is 4.74 Å². The average Bonchev–Trinajstić information content (AvgIpc) is 2.92. The summed E-state index contributed by atoms with van der Waals surface area (Å²) in [4.78, 5) is 14.8. The summed E-state index contributed by atoms with van der Waals surface area (Å²) in [5, 5.41) is 10.2.